The third-order valence-corrected chi connectivity index (χ3v) is 5.15. The van der Waals surface area contributed by atoms with Crippen LogP contribution in [0.15, 0.2) is 23.2 Å². The molecule has 0 bridgehead atoms. The summed E-state index contributed by atoms with van der Waals surface area (Å²) >= 11 is 0. The van der Waals surface area contributed by atoms with E-state index in [-0.39, 0.29) is 0 Å². The lowest BCUT2D eigenvalue weighted by Crippen LogP contribution is -2.39. The van der Waals surface area contributed by atoms with Gasteiger partial charge in [0.15, 0.2) is 17.5 Å². The first-order valence-corrected chi connectivity index (χ1v) is 10.7. The van der Waals surface area contributed by atoms with E-state index in [1.54, 1.807) is 7.11 Å². The lowest BCUT2D eigenvalue weighted by molar-refractivity contribution is 0.223. The Morgan fingerprint density at radius 2 is 1.96 bits per heavy atom. The minimum atomic E-state index is 0.640. The van der Waals surface area contributed by atoms with Gasteiger partial charge < -0.3 is 25.0 Å². The third-order valence-electron chi connectivity index (χ3n) is 5.15. The van der Waals surface area contributed by atoms with Gasteiger partial charge in [0.05, 0.1) is 13.7 Å². The monoisotopic (exact) mass is 390 g/mol. The number of aliphatic imine (C=N–C) groups is 1. The van der Waals surface area contributed by atoms with Crippen molar-refractivity contribution in [1.29, 1.82) is 0 Å². The maximum absolute atomic E-state index is 5.67. The predicted molar refractivity (Wildman–Crippen MR) is 117 cm³/mol. The van der Waals surface area contributed by atoms with E-state index in [0.717, 1.165) is 49.9 Å². The number of likely N-dealkylation sites (tertiary alicyclic amines) is 1. The minimum Gasteiger partial charge on any atom is -0.493 e. The first-order chi connectivity index (χ1) is 13.7. The number of aryl methyl sites for hydroxylation is 1. The molecule has 0 saturated carbocycles. The van der Waals surface area contributed by atoms with E-state index in [0.29, 0.717) is 12.5 Å². The molecule has 158 valence electrons. The van der Waals surface area contributed by atoms with Gasteiger partial charge in [-0.05, 0) is 83.3 Å². The molecule has 2 N–H and O–H groups in total. The molecule has 0 amide bonds. The summed E-state index contributed by atoms with van der Waals surface area (Å²) in [6.45, 7) is 9.82. The summed E-state index contributed by atoms with van der Waals surface area (Å²) in [5, 5.41) is 6.84. The number of ether oxygens (including phenoxy) is 2. The molecule has 1 heterocycles. The second-order valence-electron chi connectivity index (χ2n) is 7.41. The van der Waals surface area contributed by atoms with Gasteiger partial charge in [0.2, 0.25) is 0 Å². The molecule has 0 aliphatic carbocycles. The number of piperidine rings is 1. The van der Waals surface area contributed by atoms with Gasteiger partial charge in [-0.25, -0.2) is 0 Å². The maximum Gasteiger partial charge on any atom is 0.191 e. The summed E-state index contributed by atoms with van der Waals surface area (Å²) in [5.74, 6) is 3.26. The second-order valence-corrected chi connectivity index (χ2v) is 7.41. The highest BCUT2D eigenvalue weighted by Gasteiger charge is 2.16. The summed E-state index contributed by atoms with van der Waals surface area (Å²) in [6, 6.07) is 6.18. The Morgan fingerprint density at radius 1 is 1.18 bits per heavy atom. The molecular weight excluding hydrogens is 352 g/mol. The number of benzene rings is 1. The van der Waals surface area contributed by atoms with Gasteiger partial charge in [0.1, 0.15) is 0 Å². The highest BCUT2D eigenvalue weighted by Crippen LogP contribution is 2.28. The molecule has 0 radical (unpaired) electrons. The molecule has 0 spiro atoms. The zero-order valence-corrected chi connectivity index (χ0v) is 18.1. The van der Waals surface area contributed by atoms with Crippen molar-refractivity contribution < 1.29 is 9.47 Å². The van der Waals surface area contributed by atoms with E-state index in [1.807, 2.05) is 13.0 Å². The number of nitrogens with zero attached hydrogens (tertiary/aromatic N) is 2. The Morgan fingerprint density at radius 3 is 2.64 bits per heavy atom. The third kappa shape index (κ3) is 7.58. The van der Waals surface area contributed by atoms with Crippen LogP contribution in [-0.2, 0) is 6.42 Å². The molecule has 0 aromatic heterocycles. The van der Waals surface area contributed by atoms with Gasteiger partial charge in [0.25, 0.3) is 0 Å². The second kappa shape index (κ2) is 12.5. The van der Waals surface area contributed by atoms with Crippen LogP contribution in [0.1, 0.15) is 38.7 Å². The molecule has 1 aliphatic heterocycles. The molecule has 1 saturated heterocycles. The highest BCUT2D eigenvalue weighted by molar-refractivity contribution is 5.79. The fraction of sp³-hybridized carbons (Fsp3) is 0.682. The smallest absolute Gasteiger partial charge is 0.191 e. The number of hydrogen-bond acceptors (Lipinski definition) is 4. The standard InChI is InChI=1S/C22H38N4O2/c1-5-23-22(25-17-19-11-14-26(3)15-12-19)24-13-7-8-18-9-10-20(27-4)21(16-18)28-6-2/h9-10,16,19H,5-8,11-15,17H2,1-4H3,(H2,23,24,25). The minimum absolute atomic E-state index is 0.640. The van der Waals surface area contributed by atoms with E-state index in [1.165, 1.54) is 31.5 Å². The molecule has 2 rings (SSSR count). The van der Waals surface area contributed by atoms with Crippen LogP contribution in [-0.4, -0.2) is 64.3 Å². The Bertz CT molecular complexity index is 598. The molecular formula is C22H38N4O2. The van der Waals surface area contributed by atoms with Crippen molar-refractivity contribution in [3.05, 3.63) is 23.8 Å². The van der Waals surface area contributed by atoms with Crippen LogP contribution in [0.2, 0.25) is 0 Å². The molecule has 1 aliphatic rings. The molecule has 1 fully saturated rings. The van der Waals surface area contributed by atoms with Gasteiger partial charge in [-0.3, -0.25) is 4.99 Å². The molecule has 1 aromatic rings. The Hall–Kier alpha value is -1.95. The topological polar surface area (TPSA) is 58.1 Å². The van der Waals surface area contributed by atoms with E-state index in [2.05, 4.69) is 41.6 Å². The maximum atomic E-state index is 5.67. The van der Waals surface area contributed by atoms with Gasteiger partial charge in [-0.1, -0.05) is 6.07 Å². The summed E-state index contributed by atoms with van der Waals surface area (Å²) in [6.07, 6.45) is 4.53. The average molecular weight is 391 g/mol. The molecule has 6 heteroatoms. The van der Waals surface area contributed by atoms with Crippen molar-refractivity contribution in [1.82, 2.24) is 15.5 Å². The van der Waals surface area contributed by atoms with Crippen molar-refractivity contribution in [2.24, 2.45) is 10.9 Å². The number of hydrogen-bond donors (Lipinski definition) is 2. The van der Waals surface area contributed by atoms with Crippen molar-refractivity contribution in [2.75, 3.05) is 53.5 Å². The lowest BCUT2D eigenvalue weighted by Gasteiger charge is -2.28. The highest BCUT2D eigenvalue weighted by atomic mass is 16.5. The molecule has 0 atom stereocenters. The Balaban J connectivity index is 1.77. The zero-order valence-electron chi connectivity index (χ0n) is 18.1. The first-order valence-electron chi connectivity index (χ1n) is 10.7. The quantitative estimate of drug-likeness (QED) is 0.365. The van der Waals surface area contributed by atoms with E-state index in [9.17, 15) is 0 Å². The van der Waals surface area contributed by atoms with Crippen LogP contribution >= 0.6 is 0 Å². The molecule has 28 heavy (non-hydrogen) atoms. The predicted octanol–water partition coefficient (Wildman–Crippen LogP) is 2.92. The van der Waals surface area contributed by atoms with E-state index < -0.39 is 0 Å². The van der Waals surface area contributed by atoms with Crippen LogP contribution in [0, 0.1) is 5.92 Å². The fourth-order valence-corrected chi connectivity index (χ4v) is 3.45. The summed E-state index contributed by atoms with van der Waals surface area (Å²) < 4.78 is 11.0. The summed E-state index contributed by atoms with van der Waals surface area (Å²) in [5.41, 5.74) is 1.26. The summed E-state index contributed by atoms with van der Waals surface area (Å²) in [7, 11) is 3.87. The SMILES string of the molecule is CCNC(=NCC1CCN(C)CC1)NCCCc1ccc(OC)c(OCC)c1. The molecule has 1 aromatic carbocycles. The van der Waals surface area contributed by atoms with Gasteiger partial charge in [-0.2, -0.15) is 0 Å². The van der Waals surface area contributed by atoms with Crippen LogP contribution in [0.5, 0.6) is 11.5 Å². The van der Waals surface area contributed by atoms with Crippen LogP contribution in [0.4, 0.5) is 0 Å². The van der Waals surface area contributed by atoms with Gasteiger partial charge in [-0.15, -0.1) is 0 Å². The van der Waals surface area contributed by atoms with Crippen LogP contribution in [0.3, 0.4) is 0 Å². The van der Waals surface area contributed by atoms with E-state index >= 15 is 0 Å². The van der Waals surface area contributed by atoms with Crippen LogP contribution in [0.25, 0.3) is 0 Å². The van der Waals surface area contributed by atoms with E-state index in [4.69, 9.17) is 14.5 Å². The number of guanidine groups is 1. The number of methoxy groups -OCH3 is 1. The van der Waals surface area contributed by atoms with Gasteiger partial charge >= 0.3 is 0 Å². The fourth-order valence-electron chi connectivity index (χ4n) is 3.45. The largest absolute Gasteiger partial charge is 0.493 e. The van der Waals surface area contributed by atoms with Crippen LogP contribution < -0.4 is 20.1 Å². The van der Waals surface area contributed by atoms with Gasteiger partial charge in [0, 0.05) is 19.6 Å². The van der Waals surface area contributed by atoms with Crippen molar-refractivity contribution in [3.63, 3.8) is 0 Å². The lowest BCUT2D eigenvalue weighted by atomic mass is 9.97. The Kier molecular flexibility index (Phi) is 9.97. The number of rotatable bonds is 10. The van der Waals surface area contributed by atoms with Crippen molar-refractivity contribution in [3.8, 4) is 11.5 Å². The van der Waals surface area contributed by atoms with Crippen molar-refractivity contribution >= 4 is 5.96 Å². The molecule has 6 nitrogen and oxygen atoms in total. The first kappa shape index (κ1) is 22.3. The normalized spacial score (nSPS) is 16.1. The summed E-state index contributed by atoms with van der Waals surface area (Å²) in [4.78, 5) is 7.21. The van der Waals surface area contributed by atoms with Crippen molar-refractivity contribution in [2.45, 2.75) is 39.5 Å². The average Bonchev–Trinajstić information content (AvgIpc) is 2.71. The number of nitrogens with one attached hydrogen (secondary N) is 2. The molecule has 0 unspecified atom stereocenters. The Labute approximate surface area is 170 Å². The zero-order chi connectivity index (χ0) is 20.2.